The first-order valence-electron chi connectivity index (χ1n) is 8.48. The summed E-state index contributed by atoms with van der Waals surface area (Å²) in [5.41, 5.74) is 1.61. The lowest BCUT2D eigenvalue weighted by Gasteiger charge is -2.40. The van der Waals surface area contributed by atoms with Crippen molar-refractivity contribution in [2.24, 2.45) is 0 Å². The monoisotopic (exact) mass is 398 g/mol. The number of alkyl halides is 2. The van der Waals surface area contributed by atoms with Crippen molar-refractivity contribution in [1.29, 1.82) is 0 Å². The number of ether oxygens (including phenoxy) is 2. The van der Waals surface area contributed by atoms with Gasteiger partial charge in [-0.05, 0) is 31.0 Å². The highest BCUT2D eigenvalue weighted by Crippen LogP contribution is 2.39. The van der Waals surface area contributed by atoms with E-state index in [-0.39, 0.29) is 5.52 Å². The minimum atomic E-state index is -3.01. The fourth-order valence-electron chi connectivity index (χ4n) is 3.49. The van der Waals surface area contributed by atoms with Crippen LogP contribution in [0.15, 0.2) is 12.1 Å². The summed E-state index contributed by atoms with van der Waals surface area (Å²) in [5, 5.41) is 0.474. The molecule has 0 bridgehead atoms. The van der Waals surface area contributed by atoms with Crippen molar-refractivity contribution < 1.29 is 31.8 Å². The van der Waals surface area contributed by atoms with Crippen LogP contribution in [0.3, 0.4) is 0 Å². The van der Waals surface area contributed by atoms with E-state index in [0.717, 1.165) is 11.6 Å². The molecule has 1 saturated heterocycles. The third kappa shape index (κ3) is 3.90. The van der Waals surface area contributed by atoms with Crippen LogP contribution in [0, 0.1) is 24.0 Å². The molecule has 4 rings (SSSR count). The Balaban J connectivity index is 0.000000516. The zero-order valence-corrected chi connectivity index (χ0v) is 15.0. The minimum absolute atomic E-state index is 0.211. The third-order valence-corrected chi connectivity index (χ3v) is 4.69. The predicted octanol–water partition coefficient (Wildman–Crippen LogP) is 2.80. The van der Waals surface area contributed by atoms with Crippen LogP contribution in [0.5, 0.6) is 0 Å². The number of H-pyrrole nitrogens is 1. The predicted molar refractivity (Wildman–Crippen MR) is 92.8 cm³/mol. The second kappa shape index (κ2) is 7.91. The van der Waals surface area contributed by atoms with Gasteiger partial charge in [-0.15, -0.1) is 6.42 Å². The number of hydrogen-bond acceptors (Lipinski definition) is 4. The number of carbonyl (C=O) groups excluding carboxylic acids is 1. The van der Waals surface area contributed by atoms with E-state index in [1.807, 2.05) is 11.9 Å². The Hall–Kier alpha value is -2.41. The molecule has 1 N–H and O–H groups in total. The Kier molecular flexibility index (Phi) is 5.74. The number of nitrogens with one attached hydrogen (secondary N) is 1. The maximum absolute atomic E-state index is 14.1. The Morgan fingerprint density at radius 1 is 1.32 bits per heavy atom. The van der Waals surface area contributed by atoms with Gasteiger partial charge in [0.05, 0.1) is 5.52 Å². The Morgan fingerprint density at radius 2 is 1.96 bits per heavy atom. The summed E-state index contributed by atoms with van der Waals surface area (Å²) in [6.45, 7) is -0.844. The van der Waals surface area contributed by atoms with Gasteiger partial charge < -0.3 is 14.5 Å². The van der Waals surface area contributed by atoms with Crippen molar-refractivity contribution in [1.82, 2.24) is 9.88 Å². The molecular formula is C19H18F4N2O3. The lowest BCUT2D eigenvalue weighted by atomic mass is 9.97. The van der Waals surface area contributed by atoms with Gasteiger partial charge in [0.25, 0.3) is 5.92 Å². The van der Waals surface area contributed by atoms with Crippen molar-refractivity contribution in [2.45, 2.75) is 24.7 Å². The number of likely N-dealkylation sites (N-methyl/N-ethyl adjacent to an activating group) is 1. The fraction of sp³-hybridized carbons (Fsp3) is 0.421. The summed E-state index contributed by atoms with van der Waals surface area (Å²) in [7, 11) is 1.82. The first-order chi connectivity index (χ1) is 13.3. The van der Waals surface area contributed by atoms with Gasteiger partial charge in [-0.1, -0.05) is 0 Å². The van der Waals surface area contributed by atoms with Gasteiger partial charge >= 0.3 is 0 Å². The molecule has 5 nitrogen and oxygen atoms in total. The zero-order valence-electron chi connectivity index (χ0n) is 15.0. The van der Waals surface area contributed by atoms with Gasteiger partial charge in [0, 0.05) is 23.7 Å². The first-order valence-corrected chi connectivity index (χ1v) is 8.48. The molecule has 2 aliphatic heterocycles. The minimum Gasteiger partial charge on any atom is -0.354 e. The van der Waals surface area contributed by atoms with Crippen molar-refractivity contribution in [3.8, 4) is 12.3 Å². The molecule has 0 saturated carbocycles. The van der Waals surface area contributed by atoms with Crippen molar-refractivity contribution in [3.05, 3.63) is 35.0 Å². The van der Waals surface area contributed by atoms with Crippen molar-refractivity contribution in [3.63, 3.8) is 0 Å². The van der Waals surface area contributed by atoms with Gasteiger partial charge in [0.2, 0.25) is 0 Å². The van der Waals surface area contributed by atoms with Crippen LogP contribution < -0.4 is 0 Å². The molecular weight excluding hydrogens is 380 g/mol. The number of carbonyl (C=O) groups is 1. The molecule has 1 aromatic carbocycles. The summed E-state index contributed by atoms with van der Waals surface area (Å²) in [4.78, 5) is 13.8. The molecule has 3 heterocycles. The van der Waals surface area contributed by atoms with E-state index in [9.17, 15) is 17.6 Å². The van der Waals surface area contributed by atoms with Gasteiger partial charge in [-0.2, -0.15) is 0 Å². The van der Waals surface area contributed by atoms with Gasteiger partial charge in [-0.25, -0.2) is 17.6 Å². The molecule has 2 aromatic rings. The fourth-order valence-corrected chi connectivity index (χ4v) is 3.49. The zero-order chi connectivity index (χ0) is 20.5. The van der Waals surface area contributed by atoms with E-state index >= 15 is 0 Å². The number of halogens is 4. The van der Waals surface area contributed by atoms with Crippen LogP contribution >= 0.6 is 0 Å². The van der Waals surface area contributed by atoms with Crippen LogP contribution in [0.2, 0.25) is 0 Å². The number of rotatable bonds is 1. The number of aromatic nitrogens is 1. The molecule has 1 atom stereocenters. The molecule has 9 heteroatoms. The Labute approximate surface area is 158 Å². The number of nitrogens with zero attached hydrogens (tertiary/aromatic N) is 1. The highest BCUT2D eigenvalue weighted by molar-refractivity contribution is 5.85. The highest BCUT2D eigenvalue weighted by atomic mass is 19.3. The van der Waals surface area contributed by atoms with Gasteiger partial charge in [0.15, 0.2) is 12.6 Å². The number of benzene rings is 1. The van der Waals surface area contributed by atoms with Crippen LogP contribution in [-0.4, -0.2) is 55.2 Å². The number of aldehydes is 1. The number of aromatic amines is 1. The third-order valence-electron chi connectivity index (χ3n) is 4.69. The Bertz CT molecular complexity index is 912. The molecule has 28 heavy (non-hydrogen) atoms. The average Bonchev–Trinajstić information content (AvgIpc) is 3.01. The molecule has 1 fully saturated rings. The smallest absolute Gasteiger partial charge is 0.293 e. The van der Waals surface area contributed by atoms with E-state index in [2.05, 4.69) is 11.4 Å². The molecule has 150 valence electrons. The first kappa shape index (κ1) is 20.3. The van der Waals surface area contributed by atoms with Crippen LogP contribution in [-0.2, 0) is 20.7 Å². The van der Waals surface area contributed by atoms with E-state index in [0.29, 0.717) is 30.3 Å². The number of terminal acetylenes is 1. The standard InChI is InChI=1S/C16H16F4N2O2.C3H2O/c1-22-3-2-9-10-4-8(17)5-11(18)12(10)21-13(9)14(22)15-23-6-16(19,20)7-24-15;1-2-3-4/h4-5,14-15,21H,2-3,6-7H2,1H3;1,3H. The molecule has 1 unspecified atom stereocenters. The van der Waals surface area contributed by atoms with Crippen molar-refractivity contribution in [2.75, 3.05) is 26.8 Å². The van der Waals surface area contributed by atoms with Crippen LogP contribution in [0.1, 0.15) is 17.3 Å². The molecule has 1 aromatic heterocycles. The van der Waals surface area contributed by atoms with E-state index in [1.165, 1.54) is 6.07 Å². The normalized spacial score (nSPS) is 22.1. The van der Waals surface area contributed by atoms with Crippen molar-refractivity contribution >= 4 is 17.2 Å². The summed E-state index contributed by atoms with van der Waals surface area (Å²) in [6.07, 6.45) is 4.51. The van der Waals surface area contributed by atoms with Crippen LogP contribution in [0.25, 0.3) is 10.9 Å². The quantitative estimate of drug-likeness (QED) is 0.456. The Morgan fingerprint density at radius 3 is 2.57 bits per heavy atom. The molecule has 0 amide bonds. The summed E-state index contributed by atoms with van der Waals surface area (Å²) >= 11 is 0. The second-order valence-electron chi connectivity index (χ2n) is 6.63. The average molecular weight is 398 g/mol. The number of hydrogen-bond donors (Lipinski definition) is 1. The summed E-state index contributed by atoms with van der Waals surface area (Å²) in [6, 6.07) is 1.61. The largest absolute Gasteiger partial charge is 0.354 e. The maximum atomic E-state index is 14.1. The molecule has 0 spiro atoms. The van der Waals surface area contributed by atoms with E-state index in [4.69, 9.17) is 14.3 Å². The lowest BCUT2D eigenvalue weighted by Crippen LogP contribution is -2.48. The number of fused-ring (bicyclic) bond motifs is 3. The lowest BCUT2D eigenvalue weighted by molar-refractivity contribution is -0.285. The summed E-state index contributed by atoms with van der Waals surface area (Å²) < 4.78 is 64.5. The highest BCUT2D eigenvalue weighted by Gasteiger charge is 2.43. The van der Waals surface area contributed by atoms with Crippen LogP contribution in [0.4, 0.5) is 17.6 Å². The summed E-state index contributed by atoms with van der Waals surface area (Å²) in [5.74, 6) is -2.60. The molecule has 0 aliphatic carbocycles. The maximum Gasteiger partial charge on any atom is 0.293 e. The van der Waals surface area contributed by atoms with E-state index < -0.39 is 43.1 Å². The topological polar surface area (TPSA) is 54.6 Å². The van der Waals surface area contributed by atoms with Gasteiger partial charge in [0.1, 0.15) is 30.9 Å². The van der Waals surface area contributed by atoms with E-state index in [1.54, 1.807) is 5.92 Å². The molecule has 2 aliphatic rings. The van der Waals surface area contributed by atoms with Gasteiger partial charge in [-0.3, -0.25) is 9.69 Å². The molecule has 0 radical (unpaired) electrons. The SMILES string of the molecule is C#CC=O.CN1CCc2c([nH]c3c(F)cc(F)cc23)C1C1OCC(F)(F)CO1. The second-order valence-corrected chi connectivity index (χ2v) is 6.63.